The lowest BCUT2D eigenvalue weighted by atomic mass is 9.96. The maximum Gasteiger partial charge on any atom is 0.321 e. The molecular weight excluding hydrogens is 294 g/mol. The Balaban J connectivity index is 1.71. The third kappa shape index (κ3) is 2.39. The minimum absolute atomic E-state index is 0.472. The van der Waals surface area contributed by atoms with E-state index in [0.29, 0.717) is 19.5 Å². The standard InChI is InChI=1S/C16H17N5O2/c1-20-7-10(18-19-20)8-21-9-14-12(6-15(21)16(22)23)11-4-2-3-5-13(11)17-14/h2-5,7,15,17H,6,8-9H2,1H3,(H,22,23). The van der Waals surface area contributed by atoms with Crippen LogP contribution in [0.4, 0.5) is 0 Å². The van der Waals surface area contributed by atoms with Crippen LogP contribution < -0.4 is 0 Å². The van der Waals surface area contributed by atoms with Gasteiger partial charge in [0.1, 0.15) is 6.04 Å². The topological polar surface area (TPSA) is 87.0 Å². The Morgan fingerprint density at radius 1 is 1.43 bits per heavy atom. The van der Waals surface area contributed by atoms with Crippen LogP contribution in [0.25, 0.3) is 10.9 Å². The van der Waals surface area contributed by atoms with Gasteiger partial charge in [0.15, 0.2) is 0 Å². The smallest absolute Gasteiger partial charge is 0.321 e. The summed E-state index contributed by atoms with van der Waals surface area (Å²) in [7, 11) is 1.80. The van der Waals surface area contributed by atoms with Gasteiger partial charge in [0.25, 0.3) is 0 Å². The summed E-state index contributed by atoms with van der Waals surface area (Å²) < 4.78 is 1.63. The number of carbonyl (C=O) groups is 1. The first kappa shape index (κ1) is 14.0. The highest BCUT2D eigenvalue weighted by molar-refractivity contribution is 5.86. The van der Waals surface area contributed by atoms with Gasteiger partial charge in [0.05, 0.1) is 5.69 Å². The van der Waals surface area contributed by atoms with E-state index in [1.54, 1.807) is 11.7 Å². The van der Waals surface area contributed by atoms with E-state index < -0.39 is 12.0 Å². The van der Waals surface area contributed by atoms with E-state index in [4.69, 9.17) is 0 Å². The number of aromatic amines is 1. The van der Waals surface area contributed by atoms with Crippen LogP contribution in [0.1, 0.15) is 17.0 Å². The second-order valence-corrected chi connectivity index (χ2v) is 5.97. The molecule has 2 N–H and O–H groups in total. The number of rotatable bonds is 3. The molecule has 7 nitrogen and oxygen atoms in total. The van der Waals surface area contributed by atoms with Crippen LogP contribution in [0.15, 0.2) is 30.5 Å². The van der Waals surface area contributed by atoms with Crippen LogP contribution in [0.3, 0.4) is 0 Å². The molecule has 1 aliphatic heterocycles. The van der Waals surface area contributed by atoms with Crippen molar-refractivity contribution in [2.75, 3.05) is 0 Å². The lowest BCUT2D eigenvalue weighted by Crippen LogP contribution is -2.45. The normalized spacial score (nSPS) is 18.2. The molecule has 2 aromatic heterocycles. The third-order valence-electron chi connectivity index (χ3n) is 4.40. The van der Waals surface area contributed by atoms with Crippen molar-refractivity contribution in [1.82, 2.24) is 24.9 Å². The molecule has 0 aliphatic carbocycles. The maximum absolute atomic E-state index is 11.7. The summed E-state index contributed by atoms with van der Waals surface area (Å²) in [5.41, 5.74) is 4.04. The fourth-order valence-corrected chi connectivity index (χ4v) is 3.35. The van der Waals surface area contributed by atoms with E-state index in [9.17, 15) is 9.90 Å². The summed E-state index contributed by atoms with van der Waals surface area (Å²) in [6, 6.07) is 7.48. The Morgan fingerprint density at radius 2 is 2.26 bits per heavy atom. The number of aromatic nitrogens is 4. The van der Waals surface area contributed by atoms with Crippen LogP contribution in [0.2, 0.25) is 0 Å². The Kier molecular flexibility index (Phi) is 3.16. The Labute approximate surface area is 132 Å². The molecule has 0 saturated carbocycles. The van der Waals surface area contributed by atoms with Crippen molar-refractivity contribution in [2.45, 2.75) is 25.6 Å². The van der Waals surface area contributed by atoms with Crippen molar-refractivity contribution in [3.8, 4) is 0 Å². The predicted molar refractivity (Wildman–Crippen MR) is 83.7 cm³/mol. The van der Waals surface area contributed by atoms with E-state index in [1.165, 1.54) is 0 Å². The number of para-hydroxylation sites is 1. The number of fused-ring (bicyclic) bond motifs is 3. The van der Waals surface area contributed by atoms with Gasteiger partial charge in [-0.2, -0.15) is 0 Å². The van der Waals surface area contributed by atoms with Crippen molar-refractivity contribution < 1.29 is 9.90 Å². The Bertz CT molecular complexity index is 882. The zero-order valence-corrected chi connectivity index (χ0v) is 12.7. The number of benzene rings is 1. The van der Waals surface area contributed by atoms with Crippen molar-refractivity contribution in [3.63, 3.8) is 0 Å². The number of carboxylic acid groups (broad SMARTS) is 1. The molecular formula is C16H17N5O2. The number of aryl methyl sites for hydroxylation is 1. The van der Waals surface area contributed by atoms with E-state index in [0.717, 1.165) is 27.9 Å². The van der Waals surface area contributed by atoms with Gasteiger partial charge in [0, 0.05) is 49.4 Å². The van der Waals surface area contributed by atoms with E-state index in [2.05, 4.69) is 15.3 Å². The van der Waals surface area contributed by atoms with Crippen LogP contribution >= 0.6 is 0 Å². The first-order valence-electron chi connectivity index (χ1n) is 7.52. The molecule has 1 unspecified atom stereocenters. The second kappa shape index (κ2) is 5.20. The monoisotopic (exact) mass is 311 g/mol. The number of nitrogens with zero attached hydrogens (tertiary/aromatic N) is 4. The molecule has 1 aliphatic rings. The summed E-state index contributed by atoms with van der Waals surface area (Å²) in [5.74, 6) is -0.801. The summed E-state index contributed by atoms with van der Waals surface area (Å²) in [6.45, 7) is 1.04. The molecule has 1 aromatic carbocycles. The molecule has 3 heterocycles. The third-order valence-corrected chi connectivity index (χ3v) is 4.40. The second-order valence-electron chi connectivity index (χ2n) is 5.97. The molecule has 0 radical (unpaired) electrons. The highest BCUT2D eigenvalue weighted by atomic mass is 16.4. The van der Waals surface area contributed by atoms with Crippen molar-refractivity contribution in [2.24, 2.45) is 7.05 Å². The number of nitrogens with one attached hydrogen (secondary N) is 1. The Hall–Kier alpha value is -2.67. The number of carboxylic acids is 1. The fraction of sp³-hybridized carbons (Fsp3) is 0.312. The number of hydrogen-bond acceptors (Lipinski definition) is 4. The number of hydrogen-bond donors (Lipinski definition) is 2. The van der Waals surface area contributed by atoms with Crippen molar-refractivity contribution in [3.05, 3.63) is 47.4 Å². The molecule has 0 bridgehead atoms. The van der Waals surface area contributed by atoms with Gasteiger partial charge in [-0.1, -0.05) is 23.4 Å². The van der Waals surface area contributed by atoms with Crippen LogP contribution in [0.5, 0.6) is 0 Å². The molecule has 1 atom stereocenters. The summed E-state index contributed by atoms with van der Waals surface area (Å²) in [5, 5.41) is 18.7. The van der Waals surface area contributed by atoms with Gasteiger partial charge in [-0.15, -0.1) is 5.10 Å². The zero-order valence-electron chi connectivity index (χ0n) is 12.7. The average Bonchev–Trinajstić information content (AvgIpc) is 3.09. The fourth-order valence-electron chi connectivity index (χ4n) is 3.35. The largest absolute Gasteiger partial charge is 0.480 e. The van der Waals surface area contributed by atoms with Crippen LogP contribution in [0, 0.1) is 0 Å². The first-order chi connectivity index (χ1) is 11.1. The lowest BCUT2D eigenvalue weighted by Gasteiger charge is -2.32. The highest BCUT2D eigenvalue weighted by Gasteiger charge is 2.33. The van der Waals surface area contributed by atoms with Crippen molar-refractivity contribution >= 4 is 16.9 Å². The van der Waals surface area contributed by atoms with Crippen LogP contribution in [-0.2, 0) is 31.4 Å². The molecule has 4 rings (SSSR count). The molecule has 0 amide bonds. The molecule has 0 saturated heterocycles. The summed E-state index contributed by atoms with van der Waals surface area (Å²) in [6.07, 6.45) is 2.31. The average molecular weight is 311 g/mol. The Morgan fingerprint density at radius 3 is 3.00 bits per heavy atom. The predicted octanol–water partition coefficient (Wildman–Crippen LogP) is 1.31. The van der Waals surface area contributed by atoms with Crippen molar-refractivity contribution in [1.29, 1.82) is 0 Å². The van der Waals surface area contributed by atoms with Gasteiger partial charge in [-0.3, -0.25) is 14.4 Å². The highest BCUT2D eigenvalue weighted by Crippen LogP contribution is 2.30. The summed E-state index contributed by atoms with van der Waals surface area (Å²) >= 11 is 0. The van der Waals surface area contributed by atoms with E-state index in [1.807, 2.05) is 35.4 Å². The van der Waals surface area contributed by atoms with Gasteiger partial charge in [-0.05, 0) is 11.6 Å². The maximum atomic E-state index is 11.7. The molecule has 3 aromatic rings. The molecule has 23 heavy (non-hydrogen) atoms. The molecule has 0 spiro atoms. The minimum Gasteiger partial charge on any atom is -0.480 e. The zero-order chi connectivity index (χ0) is 16.0. The van der Waals surface area contributed by atoms with Gasteiger partial charge in [0.2, 0.25) is 0 Å². The SMILES string of the molecule is Cn1cc(CN2Cc3[nH]c4ccccc4c3CC2C(=O)O)nn1. The number of aliphatic carboxylic acids is 1. The van der Waals surface area contributed by atoms with Gasteiger partial charge in [-0.25, -0.2) is 0 Å². The molecule has 7 heteroatoms. The van der Waals surface area contributed by atoms with E-state index in [-0.39, 0.29) is 0 Å². The molecule has 0 fully saturated rings. The first-order valence-corrected chi connectivity index (χ1v) is 7.52. The van der Waals surface area contributed by atoms with E-state index >= 15 is 0 Å². The minimum atomic E-state index is -0.801. The quantitative estimate of drug-likeness (QED) is 0.761. The van der Waals surface area contributed by atoms with Gasteiger partial charge >= 0.3 is 5.97 Å². The van der Waals surface area contributed by atoms with Crippen LogP contribution in [-0.4, -0.2) is 42.0 Å². The van der Waals surface area contributed by atoms with Gasteiger partial charge < -0.3 is 10.1 Å². The molecule has 118 valence electrons. The summed E-state index contributed by atoms with van der Waals surface area (Å²) in [4.78, 5) is 17.1. The number of H-pyrrole nitrogens is 1. The lowest BCUT2D eigenvalue weighted by molar-refractivity contribution is -0.144.